The standard InChI is InChI=1S/C25H28N4O6/c1-15-7-9-17-18(13-15)25(32)28(24(17)31)12-11-26-19-10-8-16(14-21(19)29(33)34)23(30)27-20-5-3-4-6-22(20)35-2/h3-6,8,10,14-15,17-18,26H,7,9,11-13H2,1-2H3,(H,27,30)/t15-,17-,18+/m1/s1. The van der Waals surface area contributed by atoms with Gasteiger partial charge >= 0.3 is 0 Å². The number of benzene rings is 2. The normalized spacial score (nSPS) is 21.4. The summed E-state index contributed by atoms with van der Waals surface area (Å²) in [7, 11) is 1.48. The van der Waals surface area contributed by atoms with E-state index in [1.165, 1.54) is 30.2 Å². The Morgan fingerprint density at radius 1 is 1.11 bits per heavy atom. The highest BCUT2D eigenvalue weighted by Gasteiger charge is 2.49. The number of nitro benzene ring substituents is 1. The number of hydrogen-bond acceptors (Lipinski definition) is 7. The minimum atomic E-state index is -0.579. The quantitative estimate of drug-likeness (QED) is 0.335. The lowest BCUT2D eigenvalue weighted by atomic mass is 9.76. The summed E-state index contributed by atoms with van der Waals surface area (Å²) in [6.07, 6.45) is 2.39. The minimum absolute atomic E-state index is 0.108. The number of imide groups is 1. The van der Waals surface area contributed by atoms with Gasteiger partial charge in [-0.05, 0) is 49.4 Å². The molecule has 0 spiro atoms. The zero-order chi connectivity index (χ0) is 25.1. The summed E-state index contributed by atoms with van der Waals surface area (Å²) in [6, 6.07) is 11.0. The number of rotatable bonds is 8. The maximum Gasteiger partial charge on any atom is 0.293 e. The molecule has 0 unspecified atom stereocenters. The van der Waals surface area contributed by atoms with Crippen molar-refractivity contribution in [2.45, 2.75) is 26.2 Å². The molecule has 2 N–H and O–H groups in total. The van der Waals surface area contributed by atoms with E-state index in [0.717, 1.165) is 19.3 Å². The smallest absolute Gasteiger partial charge is 0.293 e. The molecule has 2 aliphatic rings. The maximum atomic E-state index is 12.7. The van der Waals surface area contributed by atoms with Crippen LogP contribution in [0.2, 0.25) is 0 Å². The van der Waals surface area contributed by atoms with Gasteiger partial charge in [-0.2, -0.15) is 0 Å². The van der Waals surface area contributed by atoms with Crippen LogP contribution in [-0.2, 0) is 9.59 Å². The third-order valence-electron chi connectivity index (χ3n) is 6.74. The number of nitrogens with zero attached hydrogens (tertiary/aromatic N) is 2. The van der Waals surface area contributed by atoms with Crippen LogP contribution in [0.25, 0.3) is 0 Å². The van der Waals surface area contributed by atoms with Crippen LogP contribution in [0.5, 0.6) is 5.75 Å². The van der Waals surface area contributed by atoms with Crippen molar-refractivity contribution in [1.29, 1.82) is 0 Å². The molecule has 1 heterocycles. The van der Waals surface area contributed by atoms with Gasteiger partial charge in [-0.1, -0.05) is 19.1 Å². The van der Waals surface area contributed by atoms with Crippen molar-refractivity contribution in [3.63, 3.8) is 0 Å². The Balaban J connectivity index is 1.42. The van der Waals surface area contributed by atoms with Crippen LogP contribution in [0.4, 0.5) is 17.1 Å². The molecule has 3 amide bonds. The molecule has 1 aliphatic carbocycles. The molecule has 1 saturated carbocycles. The second-order valence-corrected chi connectivity index (χ2v) is 9.03. The Kier molecular flexibility index (Phi) is 6.99. The van der Waals surface area contributed by atoms with Gasteiger partial charge in [0.15, 0.2) is 0 Å². The van der Waals surface area contributed by atoms with E-state index in [0.29, 0.717) is 17.4 Å². The summed E-state index contributed by atoms with van der Waals surface area (Å²) in [5.41, 5.74) is 0.476. The Hall–Kier alpha value is -3.95. The third-order valence-corrected chi connectivity index (χ3v) is 6.74. The van der Waals surface area contributed by atoms with Crippen LogP contribution in [0.15, 0.2) is 42.5 Å². The Bertz CT molecular complexity index is 1170. The number of methoxy groups -OCH3 is 1. The highest BCUT2D eigenvalue weighted by atomic mass is 16.6. The van der Waals surface area contributed by atoms with Crippen molar-refractivity contribution in [1.82, 2.24) is 4.90 Å². The first-order valence-electron chi connectivity index (χ1n) is 11.6. The fourth-order valence-corrected chi connectivity index (χ4v) is 4.90. The molecule has 3 atom stereocenters. The van der Waals surface area contributed by atoms with Crippen molar-refractivity contribution in [3.8, 4) is 5.75 Å². The first-order valence-corrected chi connectivity index (χ1v) is 11.6. The molecule has 1 aliphatic heterocycles. The number of hydrogen-bond donors (Lipinski definition) is 2. The molecule has 10 nitrogen and oxygen atoms in total. The number of amides is 3. The molecule has 1 saturated heterocycles. The number of likely N-dealkylation sites (tertiary alicyclic amines) is 1. The molecule has 0 bridgehead atoms. The van der Waals surface area contributed by atoms with Crippen molar-refractivity contribution < 1.29 is 24.0 Å². The van der Waals surface area contributed by atoms with Crippen LogP contribution in [0.3, 0.4) is 0 Å². The first-order chi connectivity index (χ1) is 16.8. The minimum Gasteiger partial charge on any atom is -0.495 e. The van der Waals surface area contributed by atoms with Gasteiger partial charge in [-0.25, -0.2) is 0 Å². The van der Waals surface area contributed by atoms with E-state index in [1.54, 1.807) is 24.3 Å². The van der Waals surface area contributed by atoms with E-state index in [2.05, 4.69) is 17.6 Å². The van der Waals surface area contributed by atoms with Crippen LogP contribution < -0.4 is 15.4 Å². The van der Waals surface area contributed by atoms with Gasteiger partial charge in [0.2, 0.25) is 11.8 Å². The molecule has 184 valence electrons. The Labute approximate surface area is 202 Å². The van der Waals surface area contributed by atoms with E-state index in [9.17, 15) is 24.5 Å². The van der Waals surface area contributed by atoms with Crippen LogP contribution >= 0.6 is 0 Å². The maximum absolute atomic E-state index is 12.7. The van der Waals surface area contributed by atoms with E-state index < -0.39 is 10.8 Å². The number of para-hydroxylation sites is 2. The second kappa shape index (κ2) is 10.1. The van der Waals surface area contributed by atoms with Crippen molar-refractivity contribution >= 4 is 34.8 Å². The van der Waals surface area contributed by atoms with Gasteiger partial charge in [-0.15, -0.1) is 0 Å². The van der Waals surface area contributed by atoms with E-state index >= 15 is 0 Å². The molecular weight excluding hydrogens is 452 g/mol. The SMILES string of the molecule is COc1ccccc1NC(=O)c1ccc(NCCN2C(=O)[C@H]3C[C@H](C)CC[C@H]3C2=O)c([N+](=O)[O-])c1. The highest BCUT2D eigenvalue weighted by molar-refractivity contribution is 6.06. The van der Waals surface area contributed by atoms with Crippen molar-refractivity contribution in [2.75, 3.05) is 30.8 Å². The molecule has 0 radical (unpaired) electrons. The molecule has 35 heavy (non-hydrogen) atoms. The fourth-order valence-electron chi connectivity index (χ4n) is 4.90. The molecule has 2 aromatic rings. The number of nitrogens with one attached hydrogen (secondary N) is 2. The van der Waals surface area contributed by atoms with Gasteiger partial charge in [0.05, 0.1) is 29.6 Å². The second-order valence-electron chi connectivity index (χ2n) is 9.03. The number of nitro groups is 1. The van der Waals surface area contributed by atoms with Gasteiger partial charge in [0.1, 0.15) is 11.4 Å². The molecule has 2 fully saturated rings. The molecular formula is C25H28N4O6. The number of ether oxygens (including phenoxy) is 1. The summed E-state index contributed by atoms with van der Waals surface area (Å²) in [5.74, 6) is -0.413. The Morgan fingerprint density at radius 2 is 1.86 bits per heavy atom. The van der Waals surface area contributed by atoms with Gasteiger partial charge in [0, 0.05) is 24.7 Å². The van der Waals surface area contributed by atoms with E-state index in [1.807, 2.05) is 0 Å². The number of anilines is 2. The molecule has 0 aromatic heterocycles. The number of carbonyl (C=O) groups is 3. The average molecular weight is 481 g/mol. The molecule has 10 heteroatoms. The van der Waals surface area contributed by atoms with Gasteiger partial charge in [0.25, 0.3) is 11.6 Å². The zero-order valence-electron chi connectivity index (χ0n) is 19.7. The monoisotopic (exact) mass is 480 g/mol. The van der Waals surface area contributed by atoms with Gasteiger partial charge < -0.3 is 15.4 Å². The van der Waals surface area contributed by atoms with Crippen molar-refractivity contribution in [3.05, 3.63) is 58.1 Å². The summed E-state index contributed by atoms with van der Waals surface area (Å²) in [4.78, 5) is 50.5. The lowest BCUT2D eigenvalue weighted by molar-refractivity contribution is -0.384. The van der Waals surface area contributed by atoms with Crippen molar-refractivity contribution in [2.24, 2.45) is 17.8 Å². The van der Waals surface area contributed by atoms with Crippen LogP contribution in [0, 0.1) is 27.9 Å². The first kappa shape index (κ1) is 24.2. The number of carbonyl (C=O) groups excluding carboxylic acids is 3. The summed E-state index contributed by atoms with van der Waals surface area (Å²) >= 11 is 0. The molecule has 2 aromatic carbocycles. The zero-order valence-corrected chi connectivity index (χ0v) is 19.7. The fraction of sp³-hybridized carbons (Fsp3) is 0.400. The highest BCUT2D eigenvalue weighted by Crippen LogP contribution is 2.40. The average Bonchev–Trinajstić information content (AvgIpc) is 3.08. The lowest BCUT2D eigenvalue weighted by Crippen LogP contribution is -2.35. The van der Waals surface area contributed by atoms with E-state index in [-0.39, 0.29) is 53.7 Å². The predicted octanol–water partition coefficient (Wildman–Crippen LogP) is 3.69. The van der Waals surface area contributed by atoms with Crippen LogP contribution in [0.1, 0.15) is 36.5 Å². The summed E-state index contributed by atoms with van der Waals surface area (Å²) in [6.45, 7) is 2.39. The Morgan fingerprint density at radius 3 is 2.60 bits per heavy atom. The van der Waals surface area contributed by atoms with Gasteiger partial charge in [-0.3, -0.25) is 29.4 Å². The third kappa shape index (κ3) is 4.96. The summed E-state index contributed by atoms with van der Waals surface area (Å²) in [5, 5.41) is 17.3. The molecule has 4 rings (SSSR count). The predicted molar refractivity (Wildman–Crippen MR) is 129 cm³/mol. The van der Waals surface area contributed by atoms with Crippen LogP contribution in [-0.4, -0.2) is 47.7 Å². The summed E-state index contributed by atoms with van der Waals surface area (Å²) < 4.78 is 5.22. The topological polar surface area (TPSA) is 131 Å². The van der Waals surface area contributed by atoms with E-state index in [4.69, 9.17) is 4.74 Å². The lowest BCUT2D eigenvalue weighted by Gasteiger charge is -2.25. The largest absolute Gasteiger partial charge is 0.495 e. The number of fused-ring (bicyclic) bond motifs is 1.